The molecule has 0 aromatic carbocycles. The molecule has 58 heavy (non-hydrogen) atoms. The van der Waals surface area contributed by atoms with E-state index in [9.17, 15) is 14.7 Å². The van der Waals surface area contributed by atoms with E-state index >= 15 is 0 Å². The monoisotopic (exact) mass is 807 g/mol. The van der Waals surface area contributed by atoms with E-state index in [1.165, 1.54) is 103 Å². The predicted octanol–water partition coefficient (Wildman–Crippen LogP) is 15.9. The van der Waals surface area contributed by atoms with Crippen LogP contribution in [0.15, 0.2) is 85.1 Å². The van der Waals surface area contributed by atoms with Gasteiger partial charge in [0.05, 0.1) is 6.61 Å². The molecule has 0 aromatic heterocycles. The van der Waals surface area contributed by atoms with Gasteiger partial charge < -0.3 is 14.6 Å². The van der Waals surface area contributed by atoms with Crippen LogP contribution in [0, 0.1) is 0 Å². The first kappa shape index (κ1) is 55.1. The Morgan fingerprint density at radius 2 is 0.741 bits per heavy atom. The van der Waals surface area contributed by atoms with E-state index in [4.69, 9.17) is 9.47 Å². The quantitative estimate of drug-likeness (QED) is 0.0377. The molecule has 1 unspecified atom stereocenters. The highest BCUT2D eigenvalue weighted by atomic mass is 16.6. The number of allylic oxidation sites excluding steroid dienone is 14. The van der Waals surface area contributed by atoms with Gasteiger partial charge in [-0.15, -0.1) is 0 Å². The van der Waals surface area contributed by atoms with Crippen LogP contribution in [0.1, 0.15) is 219 Å². The van der Waals surface area contributed by atoms with Crippen molar-refractivity contribution in [1.82, 2.24) is 0 Å². The summed E-state index contributed by atoms with van der Waals surface area (Å²) in [4.78, 5) is 24.4. The Morgan fingerprint density at radius 1 is 0.414 bits per heavy atom. The van der Waals surface area contributed by atoms with Gasteiger partial charge >= 0.3 is 11.9 Å². The summed E-state index contributed by atoms with van der Waals surface area (Å²) in [5.41, 5.74) is 0. The van der Waals surface area contributed by atoms with Crippen LogP contribution in [0.2, 0.25) is 0 Å². The highest BCUT2D eigenvalue weighted by Gasteiger charge is 2.16. The minimum Gasteiger partial charge on any atom is -0.462 e. The maximum atomic E-state index is 12.2. The second-order valence-corrected chi connectivity index (χ2v) is 15.8. The molecule has 0 fully saturated rings. The van der Waals surface area contributed by atoms with Crippen LogP contribution in [0.25, 0.3) is 0 Å². The molecule has 1 N–H and O–H groups in total. The molecular weight excluding hydrogens is 717 g/mol. The Hall–Kier alpha value is -2.92. The number of unbranched alkanes of at least 4 members (excludes halogenated alkanes) is 21. The Balaban J connectivity index is 3.57. The molecule has 0 spiro atoms. The Morgan fingerprint density at radius 3 is 1.12 bits per heavy atom. The van der Waals surface area contributed by atoms with Gasteiger partial charge in [0.1, 0.15) is 6.61 Å². The number of hydrogen-bond donors (Lipinski definition) is 1. The zero-order valence-corrected chi connectivity index (χ0v) is 37.8. The number of carbonyl (C=O) groups excluding carboxylic acids is 2. The third kappa shape index (κ3) is 45.8. The number of aliphatic hydroxyl groups is 1. The van der Waals surface area contributed by atoms with E-state index < -0.39 is 6.10 Å². The molecular formula is C53H90O5. The molecule has 0 heterocycles. The van der Waals surface area contributed by atoms with Gasteiger partial charge in [0, 0.05) is 12.8 Å². The van der Waals surface area contributed by atoms with Crippen LogP contribution in [0.5, 0.6) is 0 Å². The van der Waals surface area contributed by atoms with Crippen LogP contribution >= 0.6 is 0 Å². The van der Waals surface area contributed by atoms with Gasteiger partial charge in [0.2, 0.25) is 0 Å². The lowest BCUT2D eigenvalue weighted by Gasteiger charge is -2.15. The van der Waals surface area contributed by atoms with Crippen LogP contribution in [-0.4, -0.2) is 36.4 Å². The maximum absolute atomic E-state index is 12.2. The highest BCUT2D eigenvalue weighted by molar-refractivity contribution is 5.70. The van der Waals surface area contributed by atoms with Crippen molar-refractivity contribution in [2.45, 2.75) is 225 Å². The second-order valence-electron chi connectivity index (χ2n) is 15.8. The van der Waals surface area contributed by atoms with Crippen molar-refractivity contribution in [1.29, 1.82) is 0 Å². The largest absolute Gasteiger partial charge is 0.462 e. The van der Waals surface area contributed by atoms with Crippen molar-refractivity contribution in [2.75, 3.05) is 13.2 Å². The van der Waals surface area contributed by atoms with Crippen LogP contribution in [0.4, 0.5) is 0 Å². The first-order valence-corrected chi connectivity index (χ1v) is 24.1. The van der Waals surface area contributed by atoms with E-state index in [0.717, 1.165) is 89.9 Å². The van der Waals surface area contributed by atoms with Gasteiger partial charge in [0.25, 0.3) is 0 Å². The fraction of sp³-hybridized carbons (Fsp3) is 0.698. The molecule has 0 aromatic rings. The fourth-order valence-corrected chi connectivity index (χ4v) is 6.59. The lowest BCUT2D eigenvalue weighted by atomic mass is 10.0. The molecule has 0 aliphatic heterocycles. The zero-order chi connectivity index (χ0) is 42.1. The number of carbonyl (C=O) groups is 2. The topological polar surface area (TPSA) is 72.8 Å². The van der Waals surface area contributed by atoms with E-state index in [1.54, 1.807) is 0 Å². The number of rotatable bonds is 43. The fourth-order valence-electron chi connectivity index (χ4n) is 6.59. The second kappa shape index (κ2) is 48.4. The summed E-state index contributed by atoms with van der Waals surface area (Å²) in [7, 11) is 0. The smallest absolute Gasteiger partial charge is 0.306 e. The van der Waals surface area contributed by atoms with Crippen molar-refractivity contribution < 1.29 is 24.2 Å². The first-order chi connectivity index (χ1) is 28.6. The minimum absolute atomic E-state index is 0.0693. The van der Waals surface area contributed by atoms with E-state index in [2.05, 4.69) is 98.9 Å². The summed E-state index contributed by atoms with van der Waals surface area (Å²) < 4.78 is 10.6. The first-order valence-electron chi connectivity index (χ1n) is 24.1. The molecule has 332 valence electrons. The summed E-state index contributed by atoms with van der Waals surface area (Å²) in [5.74, 6) is -0.597. The van der Waals surface area contributed by atoms with Gasteiger partial charge in [-0.25, -0.2) is 0 Å². The van der Waals surface area contributed by atoms with Crippen molar-refractivity contribution in [3.63, 3.8) is 0 Å². The molecule has 0 radical (unpaired) electrons. The molecule has 0 bridgehead atoms. The summed E-state index contributed by atoms with van der Waals surface area (Å²) in [6.45, 7) is 4.02. The summed E-state index contributed by atoms with van der Waals surface area (Å²) in [6.07, 6.45) is 66.7. The molecule has 0 saturated carbocycles. The van der Waals surface area contributed by atoms with Crippen molar-refractivity contribution >= 4 is 11.9 Å². The van der Waals surface area contributed by atoms with Crippen molar-refractivity contribution in [3.05, 3.63) is 85.1 Å². The standard InChI is InChI=1S/C53H90O5/c1-3-5-7-9-11-13-15-17-18-19-20-21-22-23-24-25-26-27-28-29-30-31-32-33-34-36-38-40-42-44-46-48-53(56)58-51(49-54)50-57-52(55)47-45-43-41-39-37-35-16-14-12-10-8-6-4-2/h5,7,11,13,17-18,20-21,23-24,26-27,29-30,51,54H,3-4,6,8-10,12,14-16,19,22,25,28,31-50H2,1-2H3/b7-5-,13-11-,18-17-,21-20-,24-23-,27-26-,30-29-. The molecule has 0 rings (SSSR count). The summed E-state index contributed by atoms with van der Waals surface area (Å²) in [6, 6.07) is 0. The van der Waals surface area contributed by atoms with Crippen molar-refractivity contribution in [3.8, 4) is 0 Å². The van der Waals surface area contributed by atoms with Crippen molar-refractivity contribution in [2.24, 2.45) is 0 Å². The Kier molecular flexibility index (Phi) is 46.0. The van der Waals surface area contributed by atoms with E-state index in [1.807, 2.05) is 0 Å². The normalized spacial score (nSPS) is 12.9. The van der Waals surface area contributed by atoms with Crippen LogP contribution in [-0.2, 0) is 19.1 Å². The third-order valence-corrected chi connectivity index (χ3v) is 10.2. The summed E-state index contributed by atoms with van der Waals surface area (Å²) in [5, 5.41) is 9.59. The third-order valence-electron chi connectivity index (χ3n) is 10.2. The molecule has 0 aliphatic rings. The molecule has 0 aliphatic carbocycles. The minimum atomic E-state index is -0.777. The van der Waals surface area contributed by atoms with Gasteiger partial charge in [-0.3, -0.25) is 9.59 Å². The molecule has 1 atom stereocenters. The van der Waals surface area contributed by atoms with Gasteiger partial charge in [0.15, 0.2) is 6.10 Å². The number of hydrogen-bond acceptors (Lipinski definition) is 5. The molecule has 0 saturated heterocycles. The highest BCUT2D eigenvalue weighted by Crippen LogP contribution is 2.15. The lowest BCUT2D eigenvalue weighted by molar-refractivity contribution is -0.161. The number of esters is 2. The van der Waals surface area contributed by atoms with E-state index in [-0.39, 0.29) is 25.2 Å². The number of aliphatic hydroxyl groups excluding tert-OH is 1. The summed E-state index contributed by atoms with van der Waals surface area (Å²) >= 11 is 0. The average Bonchev–Trinajstić information content (AvgIpc) is 3.23. The Bertz CT molecular complexity index is 1090. The van der Waals surface area contributed by atoms with Gasteiger partial charge in [-0.2, -0.15) is 0 Å². The van der Waals surface area contributed by atoms with Crippen LogP contribution in [0.3, 0.4) is 0 Å². The molecule has 5 heteroatoms. The van der Waals surface area contributed by atoms with Crippen LogP contribution < -0.4 is 0 Å². The van der Waals surface area contributed by atoms with Gasteiger partial charge in [-0.1, -0.05) is 221 Å². The van der Waals surface area contributed by atoms with Gasteiger partial charge in [-0.05, 0) is 70.6 Å². The van der Waals surface area contributed by atoms with E-state index in [0.29, 0.717) is 12.8 Å². The SMILES string of the molecule is CC/C=C\C/C=C\C/C=C\C/C=C\C/C=C\C/C=C\C/C=C\CCCCCCCCCCCC(=O)OC(CO)COC(=O)CCCCCCCCCCCCCCC. The number of ether oxygens (including phenoxy) is 2. The average molecular weight is 807 g/mol. The predicted molar refractivity (Wildman–Crippen MR) is 251 cm³/mol. The lowest BCUT2D eigenvalue weighted by Crippen LogP contribution is -2.28. The molecule has 5 nitrogen and oxygen atoms in total. The maximum Gasteiger partial charge on any atom is 0.306 e. The Labute approximate surface area is 358 Å². The molecule has 0 amide bonds. The zero-order valence-electron chi connectivity index (χ0n) is 37.8.